The summed E-state index contributed by atoms with van der Waals surface area (Å²) in [5.41, 5.74) is 0.993. The van der Waals surface area contributed by atoms with Gasteiger partial charge in [0.15, 0.2) is 11.6 Å². The van der Waals surface area contributed by atoms with E-state index in [4.69, 9.17) is 0 Å². The molecule has 4 aliphatic rings. The lowest BCUT2D eigenvalue weighted by atomic mass is 9.56. The summed E-state index contributed by atoms with van der Waals surface area (Å²) >= 11 is 0. The van der Waals surface area contributed by atoms with Crippen LogP contribution in [-0.2, 0) is 23.2 Å². The smallest absolute Gasteiger partial charge is 0.223 e. The van der Waals surface area contributed by atoms with Crippen molar-refractivity contribution >= 4 is 5.91 Å². The van der Waals surface area contributed by atoms with Gasteiger partial charge in [-0.3, -0.25) is 9.69 Å². The van der Waals surface area contributed by atoms with Gasteiger partial charge < -0.3 is 15.5 Å². The van der Waals surface area contributed by atoms with Crippen molar-refractivity contribution in [2.24, 2.45) is 11.8 Å². The molecule has 3 N–H and O–H groups in total. The van der Waals surface area contributed by atoms with Gasteiger partial charge in [0.2, 0.25) is 5.91 Å². The number of hydrogen-bond acceptors (Lipinski definition) is 4. The van der Waals surface area contributed by atoms with Gasteiger partial charge in [-0.15, -0.1) is 0 Å². The van der Waals surface area contributed by atoms with Crippen LogP contribution in [0.5, 0.6) is 5.75 Å². The number of carbonyl (C=O) groups excluding carboxylic acids is 1. The second-order valence-electron chi connectivity index (χ2n) is 10.8. The molecule has 0 spiro atoms. The topological polar surface area (TPSA) is 72.8 Å². The largest absolute Gasteiger partial charge is 0.508 e. The molecule has 1 saturated heterocycles. The Hall–Kier alpha value is -2.51. The number of hydrogen-bond donors (Lipinski definition) is 3. The zero-order valence-electron chi connectivity index (χ0n) is 19.1. The van der Waals surface area contributed by atoms with Gasteiger partial charge in [-0.05, 0) is 91.9 Å². The molecule has 2 aromatic rings. The van der Waals surface area contributed by atoms with E-state index in [9.17, 15) is 23.8 Å². The van der Waals surface area contributed by atoms with Gasteiger partial charge in [0.05, 0.1) is 5.60 Å². The SMILES string of the molecule is O=C(NCc1ccc(F)c(F)c1)[C@@H]1C[C@]23CCN(CC4CC4)[C@H](Cc4ccc(O)cc42)[C@]3(O)C1. The molecule has 1 amide bonds. The molecule has 2 saturated carbocycles. The Morgan fingerprint density at radius 3 is 2.71 bits per heavy atom. The minimum atomic E-state index is -1.05. The van der Waals surface area contributed by atoms with Crippen LogP contribution in [0.1, 0.15) is 48.8 Å². The maximum Gasteiger partial charge on any atom is 0.223 e. The van der Waals surface area contributed by atoms with E-state index in [0.29, 0.717) is 30.7 Å². The number of aromatic hydroxyl groups is 1. The molecule has 7 heteroatoms. The zero-order chi connectivity index (χ0) is 23.7. The summed E-state index contributed by atoms with van der Waals surface area (Å²) < 4.78 is 26.8. The van der Waals surface area contributed by atoms with Crippen molar-refractivity contribution in [3.05, 3.63) is 64.7 Å². The van der Waals surface area contributed by atoms with Crippen molar-refractivity contribution in [2.75, 3.05) is 13.1 Å². The second kappa shape index (κ2) is 7.75. The van der Waals surface area contributed by atoms with E-state index < -0.39 is 28.6 Å². The number of carbonyl (C=O) groups is 1. The third-order valence-corrected chi connectivity index (χ3v) is 8.83. The van der Waals surface area contributed by atoms with Crippen molar-refractivity contribution in [1.82, 2.24) is 10.2 Å². The van der Waals surface area contributed by atoms with Crippen LogP contribution >= 0.6 is 0 Å². The minimum Gasteiger partial charge on any atom is -0.508 e. The van der Waals surface area contributed by atoms with Gasteiger partial charge in [-0.25, -0.2) is 8.78 Å². The molecule has 4 atom stereocenters. The fourth-order valence-corrected chi connectivity index (χ4v) is 7.00. The quantitative estimate of drug-likeness (QED) is 0.629. The van der Waals surface area contributed by atoms with Crippen LogP contribution in [0.4, 0.5) is 8.78 Å². The molecule has 3 aliphatic carbocycles. The average Bonchev–Trinajstić information content (AvgIpc) is 3.56. The third-order valence-electron chi connectivity index (χ3n) is 8.83. The average molecular weight is 469 g/mol. The van der Waals surface area contributed by atoms with Gasteiger partial charge in [0.25, 0.3) is 0 Å². The van der Waals surface area contributed by atoms with E-state index in [1.807, 2.05) is 6.07 Å². The number of nitrogens with one attached hydrogen (secondary N) is 1. The summed E-state index contributed by atoms with van der Waals surface area (Å²) in [5, 5.41) is 25.4. The summed E-state index contributed by atoms with van der Waals surface area (Å²) in [7, 11) is 0. The highest BCUT2D eigenvalue weighted by atomic mass is 19.2. The number of phenolic OH excluding ortho intramolecular Hbond substituents is 1. The number of likely N-dealkylation sites (tertiary alicyclic amines) is 1. The van der Waals surface area contributed by atoms with E-state index in [1.54, 1.807) is 12.1 Å². The molecule has 0 radical (unpaired) electrons. The number of nitrogens with zero attached hydrogens (tertiary/aromatic N) is 1. The zero-order valence-corrected chi connectivity index (χ0v) is 19.1. The number of phenols is 1. The predicted molar refractivity (Wildman–Crippen MR) is 122 cm³/mol. The maximum atomic E-state index is 13.6. The van der Waals surface area contributed by atoms with Crippen LogP contribution in [0.15, 0.2) is 36.4 Å². The van der Waals surface area contributed by atoms with Crippen molar-refractivity contribution in [2.45, 2.75) is 62.1 Å². The number of fused-ring (bicyclic) bond motifs is 1. The highest BCUT2D eigenvalue weighted by molar-refractivity contribution is 5.80. The van der Waals surface area contributed by atoms with E-state index in [-0.39, 0.29) is 24.2 Å². The fraction of sp³-hybridized carbons (Fsp3) is 0.519. The number of halogens is 2. The molecule has 180 valence electrons. The summed E-state index contributed by atoms with van der Waals surface area (Å²) in [6, 6.07) is 9.03. The van der Waals surface area contributed by atoms with E-state index in [0.717, 1.165) is 42.8 Å². The number of amides is 1. The lowest BCUT2D eigenvalue weighted by Gasteiger charge is -2.59. The Morgan fingerprint density at radius 2 is 1.94 bits per heavy atom. The molecule has 1 aliphatic heterocycles. The van der Waals surface area contributed by atoms with Crippen molar-refractivity contribution in [1.29, 1.82) is 0 Å². The van der Waals surface area contributed by atoms with E-state index in [1.165, 1.54) is 18.9 Å². The molecule has 34 heavy (non-hydrogen) atoms. The molecule has 1 heterocycles. The molecule has 0 unspecified atom stereocenters. The van der Waals surface area contributed by atoms with Gasteiger partial charge in [0, 0.05) is 30.5 Å². The van der Waals surface area contributed by atoms with E-state index in [2.05, 4.69) is 10.2 Å². The first-order chi connectivity index (χ1) is 16.3. The minimum absolute atomic E-state index is 0.0529. The Balaban J connectivity index is 1.29. The molecule has 6 rings (SSSR count). The second-order valence-corrected chi connectivity index (χ2v) is 10.8. The molecule has 2 bridgehead atoms. The highest BCUT2D eigenvalue weighted by Gasteiger charge is 2.68. The molecule has 2 aromatic carbocycles. The highest BCUT2D eigenvalue weighted by Crippen LogP contribution is 2.62. The van der Waals surface area contributed by atoms with Gasteiger partial charge in [-0.1, -0.05) is 12.1 Å². The summed E-state index contributed by atoms with van der Waals surface area (Å²) in [6.07, 6.45) is 4.81. The van der Waals surface area contributed by atoms with Crippen LogP contribution in [0.2, 0.25) is 0 Å². The van der Waals surface area contributed by atoms with Crippen LogP contribution in [0.3, 0.4) is 0 Å². The maximum absolute atomic E-state index is 13.6. The fourth-order valence-electron chi connectivity index (χ4n) is 7.00. The van der Waals surface area contributed by atoms with Gasteiger partial charge >= 0.3 is 0 Å². The summed E-state index contributed by atoms with van der Waals surface area (Å²) in [4.78, 5) is 15.7. The van der Waals surface area contributed by atoms with Crippen molar-refractivity contribution < 1.29 is 23.8 Å². The molecular formula is C27H30F2N2O3. The lowest BCUT2D eigenvalue weighted by molar-refractivity contribution is -0.134. The van der Waals surface area contributed by atoms with Crippen molar-refractivity contribution in [3.8, 4) is 5.75 Å². The van der Waals surface area contributed by atoms with Crippen LogP contribution in [0.25, 0.3) is 0 Å². The summed E-state index contributed by atoms with van der Waals surface area (Å²) in [6.45, 7) is 1.97. The Morgan fingerprint density at radius 1 is 1.12 bits per heavy atom. The molecule has 5 nitrogen and oxygen atoms in total. The Labute approximate surface area is 197 Å². The first-order valence-electron chi connectivity index (χ1n) is 12.3. The standard InChI is InChI=1S/C27H30F2N2O3/c28-22-6-3-17(9-23(22)29)14-30-25(33)19-12-26-7-8-31(15-16-1-2-16)24(27(26,34)13-19)10-18-4-5-20(32)11-21(18)26/h3-6,9,11,16,19,24,32,34H,1-2,7-8,10,12-15H2,(H,30,33)/t19-,24-,26-,27-/m1/s1. The number of aliphatic hydroxyl groups is 1. The normalized spacial score (nSPS) is 32.2. The van der Waals surface area contributed by atoms with Crippen molar-refractivity contribution in [3.63, 3.8) is 0 Å². The first kappa shape index (κ1) is 22.0. The lowest BCUT2D eigenvalue weighted by Crippen LogP contribution is -2.69. The number of rotatable bonds is 5. The molecule has 0 aromatic heterocycles. The first-order valence-corrected chi connectivity index (χ1v) is 12.3. The van der Waals surface area contributed by atoms with E-state index >= 15 is 0 Å². The number of piperidine rings is 1. The summed E-state index contributed by atoms with van der Waals surface area (Å²) in [5.74, 6) is -1.54. The Kier molecular flexibility index (Phi) is 5.01. The van der Waals surface area contributed by atoms with Crippen LogP contribution in [-0.4, -0.2) is 45.8 Å². The van der Waals surface area contributed by atoms with Crippen LogP contribution < -0.4 is 5.32 Å². The van der Waals surface area contributed by atoms with Crippen LogP contribution in [0, 0.1) is 23.5 Å². The van der Waals surface area contributed by atoms with Gasteiger partial charge in [0.1, 0.15) is 5.75 Å². The Bertz CT molecular complexity index is 1150. The monoisotopic (exact) mass is 468 g/mol. The number of benzene rings is 2. The van der Waals surface area contributed by atoms with Gasteiger partial charge in [-0.2, -0.15) is 0 Å². The third kappa shape index (κ3) is 3.35. The molecular weight excluding hydrogens is 438 g/mol. The molecule has 3 fully saturated rings. The predicted octanol–water partition coefficient (Wildman–Crippen LogP) is 3.41.